The highest BCUT2D eigenvalue weighted by molar-refractivity contribution is 5.70. The van der Waals surface area contributed by atoms with Gasteiger partial charge in [0.1, 0.15) is 0 Å². The van der Waals surface area contributed by atoms with Gasteiger partial charge in [0, 0.05) is 11.6 Å². The molecule has 1 aromatic carbocycles. The van der Waals surface area contributed by atoms with Gasteiger partial charge in [-0.25, -0.2) is 0 Å². The minimum atomic E-state index is -0.873. The van der Waals surface area contributed by atoms with Crippen molar-refractivity contribution in [3.8, 4) is 0 Å². The number of carbonyl (C=O) groups is 1. The van der Waals surface area contributed by atoms with Gasteiger partial charge in [0.25, 0.3) is 0 Å². The summed E-state index contributed by atoms with van der Waals surface area (Å²) in [5.41, 5.74) is -0.421. The number of rotatable bonds is 5. The van der Waals surface area contributed by atoms with Gasteiger partial charge < -0.3 is 9.84 Å². The van der Waals surface area contributed by atoms with Crippen LogP contribution >= 0.6 is 0 Å². The zero-order valence-electron chi connectivity index (χ0n) is 11.3. The Morgan fingerprint density at radius 1 is 1.38 bits per heavy atom. The van der Waals surface area contributed by atoms with Crippen molar-refractivity contribution in [2.75, 3.05) is 0 Å². The molecule has 21 heavy (non-hydrogen) atoms. The zero-order valence-corrected chi connectivity index (χ0v) is 11.3. The van der Waals surface area contributed by atoms with Crippen molar-refractivity contribution >= 4 is 11.7 Å². The molecule has 0 spiro atoms. The molecule has 6 nitrogen and oxygen atoms in total. The molecule has 2 rings (SSSR count). The number of hydrogen-bond acceptors (Lipinski definition) is 4. The van der Waals surface area contributed by atoms with Crippen LogP contribution in [-0.4, -0.2) is 22.1 Å². The molecule has 1 N–H and O–H groups in total. The Morgan fingerprint density at radius 2 is 2.05 bits per heavy atom. The molecule has 0 amide bonds. The first kappa shape index (κ1) is 15.4. The van der Waals surface area contributed by atoms with Crippen molar-refractivity contribution in [1.82, 2.24) is 0 Å². The number of ether oxygens (including phenoxy) is 1. The van der Waals surface area contributed by atoms with Crippen LogP contribution in [0.2, 0.25) is 0 Å². The minimum absolute atomic E-state index is 0.0457. The Hall–Kier alpha value is -2.02. The highest BCUT2D eigenvalue weighted by atomic mass is 19.1. The monoisotopic (exact) mass is 297 g/mol. The summed E-state index contributed by atoms with van der Waals surface area (Å²) in [5.74, 6) is -2.00. The van der Waals surface area contributed by atoms with Crippen molar-refractivity contribution in [3.05, 3.63) is 39.7 Å². The SMILES string of the molecule is O=C(O)C1CCC(OCc2cccc([N+](=O)[O-])c2F)CC1. The Kier molecular flexibility index (Phi) is 4.85. The Bertz CT molecular complexity index is 540. The third-order valence-electron chi connectivity index (χ3n) is 3.75. The lowest BCUT2D eigenvalue weighted by Gasteiger charge is -2.26. The largest absolute Gasteiger partial charge is 0.481 e. The maximum atomic E-state index is 13.8. The van der Waals surface area contributed by atoms with Crippen LogP contribution < -0.4 is 0 Å². The van der Waals surface area contributed by atoms with Gasteiger partial charge in [-0.3, -0.25) is 14.9 Å². The van der Waals surface area contributed by atoms with Gasteiger partial charge >= 0.3 is 11.7 Å². The van der Waals surface area contributed by atoms with E-state index in [0.29, 0.717) is 25.7 Å². The number of carboxylic acids is 1. The van der Waals surface area contributed by atoms with Crippen LogP contribution in [0.4, 0.5) is 10.1 Å². The van der Waals surface area contributed by atoms with E-state index in [4.69, 9.17) is 9.84 Å². The van der Waals surface area contributed by atoms with Gasteiger partial charge in [0.05, 0.1) is 23.6 Å². The molecule has 7 heteroatoms. The van der Waals surface area contributed by atoms with E-state index in [9.17, 15) is 19.3 Å². The Balaban J connectivity index is 1.91. The first-order chi connectivity index (χ1) is 9.99. The quantitative estimate of drug-likeness (QED) is 0.666. The summed E-state index contributed by atoms with van der Waals surface area (Å²) in [4.78, 5) is 20.7. The van der Waals surface area contributed by atoms with E-state index < -0.39 is 22.4 Å². The average Bonchev–Trinajstić information content (AvgIpc) is 2.46. The fraction of sp³-hybridized carbons (Fsp3) is 0.500. The molecule has 0 aromatic heterocycles. The van der Waals surface area contributed by atoms with Crippen LogP contribution in [0.1, 0.15) is 31.2 Å². The summed E-state index contributed by atoms with van der Waals surface area (Å²) in [6.45, 7) is -0.0457. The lowest BCUT2D eigenvalue weighted by atomic mass is 9.87. The third kappa shape index (κ3) is 3.75. The van der Waals surface area contributed by atoms with Crippen LogP contribution in [0.15, 0.2) is 18.2 Å². The number of aliphatic carboxylic acids is 1. The Labute approximate surface area is 120 Å². The molecule has 1 saturated carbocycles. The molecular formula is C14H16FNO5. The number of benzene rings is 1. The highest BCUT2D eigenvalue weighted by Crippen LogP contribution is 2.28. The van der Waals surface area contributed by atoms with Crippen molar-refractivity contribution < 1.29 is 24.0 Å². The normalized spacial score (nSPS) is 22.0. The minimum Gasteiger partial charge on any atom is -0.481 e. The van der Waals surface area contributed by atoms with E-state index >= 15 is 0 Å². The van der Waals surface area contributed by atoms with Crippen LogP contribution in [0, 0.1) is 21.8 Å². The lowest BCUT2D eigenvalue weighted by Crippen LogP contribution is -2.26. The summed E-state index contributed by atoms with van der Waals surface area (Å²) in [5, 5.41) is 19.5. The predicted molar refractivity (Wildman–Crippen MR) is 71.2 cm³/mol. The number of hydrogen-bond donors (Lipinski definition) is 1. The molecule has 0 unspecified atom stereocenters. The maximum Gasteiger partial charge on any atom is 0.306 e. The summed E-state index contributed by atoms with van der Waals surface area (Å²) >= 11 is 0. The smallest absolute Gasteiger partial charge is 0.306 e. The summed E-state index contributed by atoms with van der Waals surface area (Å²) in [6.07, 6.45) is 2.16. The summed E-state index contributed by atoms with van der Waals surface area (Å²) in [6, 6.07) is 3.98. The lowest BCUT2D eigenvalue weighted by molar-refractivity contribution is -0.387. The van der Waals surface area contributed by atoms with Gasteiger partial charge in [0.2, 0.25) is 5.82 Å². The average molecular weight is 297 g/mol. The van der Waals surface area contributed by atoms with Crippen molar-refractivity contribution in [3.63, 3.8) is 0 Å². The van der Waals surface area contributed by atoms with Crippen molar-refractivity contribution in [2.45, 2.75) is 38.4 Å². The van der Waals surface area contributed by atoms with Crippen LogP contribution in [0.3, 0.4) is 0 Å². The molecule has 1 fully saturated rings. The second-order valence-corrected chi connectivity index (χ2v) is 5.13. The zero-order chi connectivity index (χ0) is 15.4. The third-order valence-corrected chi connectivity index (χ3v) is 3.75. The molecule has 1 aliphatic rings. The van der Waals surface area contributed by atoms with E-state index in [1.54, 1.807) is 0 Å². The topological polar surface area (TPSA) is 89.7 Å². The highest BCUT2D eigenvalue weighted by Gasteiger charge is 2.26. The number of nitro groups is 1. The van der Waals surface area contributed by atoms with Gasteiger partial charge in [-0.15, -0.1) is 0 Å². The first-order valence-corrected chi connectivity index (χ1v) is 6.75. The standard InChI is InChI=1S/C14H16FNO5/c15-13-10(2-1-3-12(13)16(19)20)8-21-11-6-4-9(5-7-11)14(17)18/h1-3,9,11H,4-8H2,(H,17,18). The molecule has 1 aliphatic carbocycles. The molecule has 0 heterocycles. The maximum absolute atomic E-state index is 13.8. The summed E-state index contributed by atoms with van der Waals surface area (Å²) in [7, 11) is 0. The number of nitro benzene ring substituents is 1. The predicted octanol–water partition coefficient (Wildman–Crippen LogP) is 2.89. The van der Waals surface area contributed by atoms with Gasteiger partial charge in [0.15, 0.2) is 0 Å². The van der Waals surface area contributed by atoms with Crippen molar-refractivity contribution in [2.24, 2.45) is 5.92 Å². The van der Waals surface area contributed by atoms with Gasteiger partial charge in [-0.05, 0) is 25.7 Å². The number of carboxylic acid groups (broad SMARTS) is 1. The van der Waals surface area contributed by atoms with E-state index in [0.717, 1.165) is 6.07 Å². The Morgan fingerprint density at radius 3 is 2.62 bits per heavy atom. The second kappa shape index (κ2) is 6.62. The van der Waals surface area contributed by atoms with Gasteiger partial charge in [-0.2, -0.15) is 4.39 Å². The summed E-state index contributed by atoms with van der Waals surface area (Å²) < 4.78 is 19.4. The van der Waals surface area contributed by atoms with Crippen molar-refractivity contribution in [1.29, 1.82) is 0 Å². The molecule has 114 valence electrons. The van der Waals surface area contributed by atoms with Gasteiger partial charge in [-0.1, -0.05) is 12.1 Å². The van der Waals surface area contributed by atoms with E-state index in [1.165, 1.54) is 12.1 Å². The molecule has 0 bridgehead atoms. The second-order valence-electron chi connectivity index (χ2n) is 5.13. The molecule has 0 aliphatic heterocycles. The fourth-order valence-electron chi connectivity index (χ4n) is 2.50. The molecular weight excluding hydrogens is 281 g/mol. The number of nitrogens with zero attached hydrogens (tertiary/aromatic N) is 1. The number of halogens is 1. The van der Waals surface area contributed by atoms with E-state index in [2.05, 4.69) is 0 Å². The molecule has 0 atom stereocenters. The molecule has 0 saturated heterocycles. The fourth-order valence-corrected chi connectivity index (χ4v) is 2.50. The van der Waals surface area contributed by atoms with Crippen LogP contribution in [0.5, 0.6) is 0 Å². The van der Waals surface area contributed by atoms with E-state index in [1.807, 2.05) is 0 Å². The van der Waals surface area contributed by atoms with Crippen LogP contribution in [0.25, 0.3) is 0 Å². The molecule has 1 aromatic rings. The van der Waals surface area contributed by atoms with E-state index in [-0.39, 0.29) is 24.2 Å². The van der Waals surface area contributed by atoms with Crippen LogP contribution in [-0.2, 0) is 16.1 Å². The first-order valence-electron chi connectivity index (χ1n) is 6.75. The molecule has 0 radical (unpaired) electrons.